The average molecular weight is 403 g/mol. The van der Waals surface area contributed by atoms with Gasteiger partial charge in [-0.15, -0.1) is 10.1 Å². The van der Waals surface area contributed by atoms with Gasteiger partial charge in [0, 0.05) is 26.1 Å². The van der Waals surface area contributed by atoms with Crippen LogP contribution in [0.1, 0.15) is 40.0 Å². The molecule has 0 spiro atoms. The molecule has 0 aromatic carbocycles. The maximum absolute atomic E-state index is 13.0. The second-order valence-electron chi connectivity index (χ2n) is 9.36. The molecule has 0 aromatic rings. The van der Waals surface area contributed by atoms with Crippen LogP contribution in [0.15, 0.2) is 10.1 Å². The number of carbonyl (C=O) groups excluding carboxylic acids is 2. The van der Waals surface area contributed by atoms with E-state index in [0.29, 0.717) is 18.3 Å². The number of piperidine rings is 1. The minimum atomic E-state index is -0.567. The monoisotopic (exact) mass is 402 g/mol. The normalized spacial score (nSPS) is 26.0. The van der Waals surface area contributed by atoms with Gasteiger partial charge in [-0.2, -0.15) is 0 Å². The van der Waals surface area contributed by atoms with Gasteiger partial charge in [-0.25, -0.2) is 9.37 Å². The van der Waals surface area contributed by atoms with Crippen LogP contribution in [0.3, 0.4) is 0 Å². The van der Waals surface area contributed by atoms with Gasteiger partial charge in [-0.3, -0.25) is 14.6 Å². The van der Waals surface area contributed by atoms with Crippen molar-refractivity contribution in [1.82, 2.24) is 19.7 Å². The molecule has 4 aliphatic heterocycles. The van der Waals surface area contributed by atoms with Crippen LogP contribution in [-0.4, -0.2) is 107 Å². The predicted molar refractivity (Wildman–Crippen MR) is 111 cm³/mol. The molecular formula is C20H32N7O2+. The van der Waals surface area contributed by atoms with Gasteiger partial charge in [0.2, 0.25) is 11.9 Å². The van der Waals surface area contributed by atoms with Crippen molar-refractivity contribution in [3.05, 3.63) is 0 Å². The first-order valence-electron chi connectivity index (χ1n) is 10.5. The molecule has 2 saturated heterocycles. The first-order chi connectivity index (χ1) is 13.7. The minimum absolute atomic E-state index is 0.122. The number of likely N-dealkylation sites (N-methyl/N-ethyl adjacent to an activating group) is 2. The molecule has 1 unspecified atom stereocenters. The van der Waals surface area contributed by atoms with E-state index in [1.54, 1.807) is 7.05 Å². The molecule has 3 amide bonds. The van der Waals surface area contributed by atoms with Crippen LogP contribution in [0.25, 0.3) is 0 Å². The van der Waals surface area contributed by atoms with Crippen molar-refractivity contribution < 1.29 is 14.2 Å². The third-order valence-corrected chi connectivity index (χ3v) is 6.24. The molecule has 1 atom stereocenters. The zero-order chi connectivity index (χ0) is 20.9. The first-order valence-corrected chi connectivity index (χ1v) is 10.5. The van der Waals surface area contributed by atoms with E-state index >= 15 is 0 Å². The van der Waals surface area contributed by atoms with Crippen molar-refractivity contribution in [3.63, 3.8) is 0 Å². The van der Waals surface area contributed by atoms with Crippen molar-refractivity contribution in [2.75, 3.05) is 46.8 Å². The summed E-state index contributed by atoms with van der Waals surface area (Å²) in [5.74, 6) is 0.952. The molecule has 0 saturated carbocycles. The highest BCUT2D eigenvalue weighted by molar-refractivity contribution is 6.23. The zero-order valence-electron chi connectivity index (χ0n) is 18.2. The van der Waals surface area contributed by atoms with E-state index in [1.807, 2.05) is 9.58 Å². The van der Waals surface area contributed by atoms with Gasteiger partial charge in [0.15, 0.2) is 0 Å². The maximum atomic E-state index is 13.0. The van der Waals surface area contributed by atoms with Crippen molar-refractivity contribution in [2.45, 2.75) is 46.1 Å². The maximum Gasteiger partial charge on any atom is 0.416 e. The highest BCUT2D eigenvalue weighted by atomic mass is 16.2. The van der Waals surface area contributed by atoms with Crippen molar-refractivity contribution in [1.29, 1.82) is 0 Å². The van der Waals surface area contributed by atoms with Crippen molar-refractivity contribution in [3.8, 4) is 0 Å². The van der Waals surface area contributed by atoms with Crippen LogP contribution in [0.4, 0.5) is 4.79 Å². The molecule has 158 valence electrons. The second kappa shape index (κ2) is 7.19. The van der Waals surface area contributed by atoms with Gasteiger partial charge < -0.3 is 4.90 Å². The fraction of sp³-hybridized carbons (Fsp3) is 0.750. The molecule has 4 aliphatic rings. The highest BCUT2D eigenvalue weighted by Gasteiger charge is 2.54. The summed E-state index contributed by atoms with van der Waals surface area (Å²) in [4.78, 5) is 35.2. The number of nitrogens with zero attached hydrogens (tertiary/aromatic N) is 7. The smallest absolute Gasteiger partial charge is 0.300 e. The Morgan fingerprint density at radius 2 is 1.72 bits per heavy atom. The quantitative estimate of drug-likeness (QED) is 0.657. The number of carbonyl (C=O) groups is 2. The Morgan fingerprint density at radius 3 is 2.38 bits per heavy atom. The lowest BCUT2D eigenvalue weighted by Gasteiger charge is -2.33. The summed E-state index contributed by atoms with van der Waals surface area (Å²) in [7, 11) is 3.21. The second-order valence-corrected chi connectivity index (χ2v) is 9.36. The summed E-state index contributed by atoms with van der Waals surface area (Å²) < 4.78 is 2.01. The number of guanidine groups is 1. The van der Waals surface area contributed by atoms with Crippen LogP contribution in [0.2, 0.25) is 0 Å². The number of hydrogen-bond donors (Lipinski definition) is 0. The lowest BCUT2D eigenvalue weighted by molar-refractivity contribution is -0.528. The lowest BCUT2D eigenvalue weighted by atomic mass is 9.89. The van der Waals surface area contributed by atoms with E-state index in [-0.39, 0.29) is 17.4 Å². The topological polar surface area (TPSA) is 74.8 Å². The molecular weight excluding hydrogens is 370 g/mol. The average Bonchev–Trinajstić information content (AvgIpc) is 3.09. The lowest BCUT2D eigenvalue weighted by Crippen LogP contribution is -2.62. The van der Waals surface area contributed by atoms with Crippen LogP contribution in [0, 0.1) is 5.41 Å². The number of fused-ring (bicyclic) bond motifs is 2. The molecule has 29 heavy (non-hydrogen) atoms. The van der Waals surface area contributed by atoms with Crippen molar-refractivity contribution in [2.24, 2.45) is 15.5 Å². The number of hydrazone groups is 1. The predicted octanol–water partition coefficient (Wildman–Crippen LogP) is 0.863. The van der Waals surface area contributed by atoms with Crippen molar-refractivity contribution >= 4 is 29.4 Å². The van der Waals surface area contributed by atoms with Gasteiger partial charge in [0.1, 0.15) is 13.1 Å². The number of likely N-dealkylation sites (tertiary alicyclic amines) is 1. The molecule has 9 nitrogen and oxygen atoms in total. The summed E-state index contributed by atoms with van der Waals surface area (Å²) >= 11 is 0. The van der Waals surface area contributed by atoms with E-state index in [2.05, 4.69) is 25.7 Å². The summed E-state index contributed by atoms with van der Waals surface area (Å²) in [6, 6.07) is -0.912. The molecule has 0 aliphatic carbocycles. The summed E-state index contributed by atoms with van der Waals surface area (Å²) in [6.07, 6.45) is 3.80. The van der Waals surface area contributed by atoms with Gasteiger partial charge in [0.25, 0.3) is 5.91 Å². The molecule has 4 rings (SSSR count). The Kier molecular flexibility index (Phi) is 4.96. The van der Waals surface area contributed by atoms with Gasteiger partial charge in [0.05, 0.1) is 5.71 Å². The number of urea groups is 1. The van der Waals surface area contributed by atoms with Gasteiger partial charge in [-0.05, 0) is 25.9 Å². The number of aliphatic imine (C=N–C) groups is 1. The Morgan fingerprint density at radius 1 is 1.03 bits per heavy atom. The Bertz CT molecular complexity index is 817. The summed E-state index contributed by atoms with van der Waals surface area (Å²) in [5.41, 5.74) is 0.898. The highest BCUT2D eigenvalue weighted by Crippen LogP contribution is 2.26. The Balaban J connectivity index is 1.65. The van der Waals surface area contributed by atoms with E-state index < -0.39 is 6.04 Å². The first kappa shape index (κ1) is 20.0. The standard InChI is InChI=1S/C20H32N7O2/c1-20(2,3)14-13-26-15-16(23(4)19(29)24(5)17(15)28)21-18(26)27(22-14)12-11-25-9-7-6-8-10-25/h15H,6-13H2,1-5H3/q+1. The largest absolute Gasteiger partial charge is 0.416 e. The number of amidine groups is 1. The summed E-state index contributed by atoms with van der Waals surface area (Å²) in [6.45, 7) is 10.8. The van der Waals surface area contributed by atoms with Crippen LogP contribution >= 0.6 is 0 Å². The third kappa shape index (κ3) is 3.45. The molecule has 0 bridgehead atoms. The Labute approximate surface area is 172 Å². The van der Waals surface area contributed by atoms with Gasteiger partial charge in [-0.1, -0.05) is 32.2 Å². The third-order valence-electron chi connectivity index (χ3n) is 6.24. The molecule has 2 fully saturated rings. The zero-order valence-corrected chi connectivity index (χ0v) is 18.2. The number of rotatable bonds is 3. The SMILES string of the molecule is CN1C(=O)C2C(=NC3=[N+]2CC(C(C)(C)C)=NN3CCN2CCCCC2)N(C)C1=O. The molecule has 0 aromatic heterocycles. The number of imide groups is 1. The van der Waals surface area contributed by atoms with E-state index in [1.165, 1.54) is 36.1 Å². The molecule has 9 heteroatoms. The van der Waals surface area contributed by atoms with Crippen LogP contribution in [-0.2, 0) is 4.79 Å². The Hall–Kier alpha value is -2.29. The number of amides is 3. The number of hydrogen-bond acceptors (Lipinski definition) is 6. The fourth-order valence-electron chi connectivity index (χ4n) is 4.29. The minimum Gasteiger partial charge on any atom is -0.300 e. The van der Waals surface area contributed by atoms with Gasteiger partial charge >= 0.3 is 12.0 Å². The molecule has 4 heterocycles. The van der Waals surface area contributed by atoms with E-state index in [0.717, 1.165) is 31.9 Å². The molecule has 0 N–H and O–H groups in total. The fourth-order valence-corrected chi connectivity index (χ4v) is 4.29. The van der Waals surface area contributed by atoms with Crippen LogP contribution in [0.5, 0.6) is 0 Å². The van der Waals surface area contributed by atoms with E-state index in [9.17, 15) is 9.59 Å². The summed E-state index contributed by atoms with van der Waals surface area (Å²) in [5, 5.41) is 6.88. The van der Waals surface area contributed by atoms with Crippen LogP contribution < -0.4 is 0 Å². The molecule has 0 radical (unpaired) electrons. The van der Waals surface area contributed by atoms with E-state index in [4.69, 9.17) is 10.1 Å².